The summed E-state index contributed by atoms with van der Waals surface area (Å²) in [5.41, 5.74) is 11.5. The molecule has 2 aromatic rings. The summed E-state index contributed by atoms with van der Waals surface area (Å²) >= 11 is 0. The van der Waals surface area contributed by atoms with E-state index in [0.29, 0.717) is 0 Å². The van der Waals surface area contributed by atoms with Gasteiger partial charge in [0, 0.05) is 17.5 Å². The van der Waals surface area contributed by atoms with Gasteiger partial charge in [0.05, 0.1) is 0 Å². The first-order valence-corrected chi connectivity index (χ1v) is 9.16. The average molecular weight is 323 g/mol. The minimum Gasteiger partial charge on any atom is -0.361 e. The third kappa shape index (κ3) is 2.39. The molecule has 0 atom stereocenters. The van der Waals surface area contributed by atoms with E-state index in [9.17, 15) is 0 Å². The molecule has 0 fully saturated rings. The molecule has 3 aliphatic rings. The summed E-state index contributed by atoms with van der Waals surface area (Å²) in [6.07, 6.45) is 17.4. The predicted octanol–water partition coefficient (Wildman–Crippen LogP) is 5.34. The van der Waals surface area contributed by atoms with E-state index < -0.39 is 0 Å². The first-order chi connectivity index (χ1) is 12.4. The molecule has 0 saturated carbocycles. The number of fused-ring (bicyclic) bond motifs is 5. The Balaban J connectivity index is 1.65. The van der Waals surface area contributed by atoms with Crippen LogP contribution in [0, 0.1) is 0 Å². The summed E-state index contributed by atoms with van der Waals surface area (Å²) in [5, 5.41) is 3.44. The fourth-order valence-corrected chi connectivity index (χ4v) is 4.38. The highest BCUT2D eigenvalue weighted by molar-refractivity contribution is 5.86. The van der Waals surface area contributed by atoms with E-state index >= 15 is 0 Å². The zero-order valence-electron chi connectivity index (χ0n) is 14.3. The molecule has 2 aromatic carbocycles. The molecule has 0 bridgehead atoms. The van der Waals surface area contributed by atoms with Gasteiger partial charge in [0.2, 0.25) is 0 Å². The van der Waals surface area contributed by atoms with Gasteiger partial charge >= 0.3 is 0 Å². The molecule has 1 heteroatoms. The van der Waals surface area contributed by atoms with Crippen molar-refractivity contribution in [2.24, 2.45) is 0 Å². The smallest absolute Gasteiger partial charge is 0.0456 e. The maximum atomic E-state index is 3.44. The second kappa shape index (κ2) is 5.93. The minimum atomic E-state index is 1.12. The van der Waals surface area contributed by atoms with Crippen LogP contribution in [0.1, 0.15) is 28.7 Å². The molecular formula is C24H21N. The summed E-state index contributed by atoms with van der Waals surface area (Å²) < 4.78 is 0. The third-order valence-electron chi connectivity index (χ3n) is 5.53. The van der Waals surface area contributed by atoms with E-state index in [4.69, 9.17) is 0 Å². The molecule has 1 N–H and O–H groups in total. The lowest BCUT2D eigenvalue weighted by molar-refractivity contribution is 0.882. The summed E-state index contributed by atoms with van der Waals surface area (Å²) in [6.45, 7) is 0. The lowest BCUT2D eigenvalue weighted by Gasteiger charge is -2.28. The Labute approximate surface area is 149 Å². The molecule has 1 aliphatic heterocycles. The van der Waals surface area contributed by atoms with Crippen LogP contribution in [0.2, 0.25) is 0 Å². The molecule has 5 rings (SSSR count). The molecule has 0 saturated heterocycles. The van der Waals surface area contributed by atoms with Gasteiger partial charge in [0.15, 0.2) is 0 Å². The van der Waals surface area contributed by atoms with Crippen LogP contribution >= 0.6 is 0 Å². The standard InChI is InChI=1S/C24H21N/c1-2-11-24(25-16-5-1)23-10-6-9-19-21-13-12-17-7-3-4-8-18(17)20(21)14-15-22(19)23/h1-5,7-8,10-11,14-16,25H,6,9,12-13H2. The van der Waals surface area contributed by atoms with Crippen molar-refractivity contribution in [1.29, 1.82) is 0 Å². The molecule has 0 radical (unpaired) electrons. The quantitative estimate of drug-likeness (QED) is 0.747. The Morgan fingerprint density at radius 1 is 0.720 bits per heavy atom. The second-order valence-electron chi connectivity index (χ2n) is 6.90. The number of benzene rings is 2. The molecule has 1 heterocycles. The van der Waals surface area contributed by atoms with Crippen LogP contribution in [-0.4, -0.2) is 0 Å². The van der Waals surface area contributed by atoms with Crippen molar-refractivity contribution in [2.75, 3.05) is 0 Å². The third-order valence-corrected chi connectivity index (χ3v) is 5.53. The highest BCUT2D eigenvalue weighted by Crippen LogP contribution is 2.41. The summed E-state index contributed by atoms with van der Waals surface area (Å²) in [5.74, 6) is 0. The van der Waals surface area contributed by atoms with Crippen molar-refractivity contribution < 1.29 is 0 Å². The molecule has 0 aromatic heterocycles. The highest BCUT2D eigenvalue weighted by atomic mass is 14.9. The van der Waals surface area contributed by atoms with Gasteiger partial charge in [-0.3, -0.25) is 0 Å². The van der Waals surface area contributed by atoms with Gasteiger partial charge in [0.25, 0.3) is 0 Å². The van der Waals surface area contributed by atoms with E-state index in [-0.39, 0.29) is 0 Å². The summed E-state index contributed by atoms with van der Waals surface area (Å²) in [7, 11) is 0. The van der Waals surface area contributed by atoms with Crippen LogP contribution in [0.15, 0.2) is 78.7 Å². The van der Waals surface area contributed by atoms with Crippen molar-refractivity contribution in [3.63, 3.8) is 0 Å². The Morgan fingerprint density at radius 3 is 2.60 bits per heavy atom. The van der Waals surface area contributed by atoms with Crippen molar-refractivity contribution >= 4 is 5.57 Å². The molecule has 0 amide bonds. The lowest BCUT2D eigenvalue weighted by atomic mass is 9.77. The van der Waals surface area contributed by atoms with Gasteiger partial charge in [-0.1, -0.05) is 54.6 Å². The Morgan fingerprint density at radius 2 is 1.60 bits per heavy atom. The number of aryl methyl sites for hydroxylation is 1. The molecule has 2 aliphatic carbocycles. The van der Waals surface area contributed by atoms with Gasteiger partial charge < -0.3 is 5.32 Å². The maximum absolute atomic E-state index is 3.44. The van der Waals surface area contributed by atoms with Crippen molar-refractivity contribution in [3.8, 4) is 11.1 Å². The topological polar surface area (TPSA) is 12.0 Å². The van der Waals surface area contributed by atoms with Crippen molar-refractivity contribution in [3.05, 3.63) is 101 Å². The molecule has 122 valence electrons. The first kappa shape index (κ1) is 14.5. The molecular weight excluding hydrogens is 302 g/mol. The number of hydrogen-bond donors (Lipinski definition) is 1. The van der Waals surface area contributed by atoms with Gasteiger partial charge in [-0.05, 0) is 71.2 Å². The van der Waals surface area contributed by atoms with E-state index in [0.717, 1.165) is 25.7 Å². The monoisotopic (exact) mass is 323 g/mol. The fraction of sp³-hybridized carbons (Fsp3) is 0.167. The normalized spacial score (nSPS) is 17.4. The van der Waals surface area contributed by atoms with Crippen LogP contribution in [0.4, 0.5) is 0 Å². The Kier molecular flexibility index (Phi) is 3.45. The largest absolute Gasteiger partial charge is 0.361 e. The van der Waals surface area contributed by atoms with E-state index in [1.807, 2.05) is 12.3 Å². The molecule has 25 heavy (non-hydrogen) atoms. The highest BCUT2D eigenvalue weighted by Gasteiger charge is 2.24. The molecule has 0 unspecified atom stereocenters. The zero-order valence-corrected chi connectivity index (χ0v) is 14.3. The van der Waals surface area contributed by atoms with Gasteiger partial charge in [-0.2, -0.15) is 0 Å². The summed E-state index contributed by atoms with van der Waals surface area (Å²) in [4.78, 5) is 0. The average Bonchev–Trinajstić information content (AvgIpc) is 2.96. The molecule has 1 nitrogen and oxygen atoms in total. The van der Waals surface area contributed by atoms with E-state index in [1.54, 1.807) is 11.1 Å². The minimum absolute atomic E-state index is 1.12. The van der Waals surface area contributed by atoms with E-state index in [1.165, 1.54) is 33.5 Å². The van der Waals surface area contributed by atoms with Gasteiger partial charge in [0.1, 0.15) is 0 Å². The zero-order chi connectivity index (χ0) is 16.6. The SMILES string of the molecule is C1=CC=C(C2=CCCc3c2ccc2c3CCc3ccccc3-2)NC=C1. The predicted molar refractivity (Wildman–Crippen MR) is 105 cm³/mol. The van der Waals surface area contributed by atoms with Gasteiger partial charge in [-0.15, -0.1) is 0 Å². The number of allylic oxidation sites excluding steroid dienone is 6. The van der Waals surface area contributed by atoms with Crippen LogP contribution in [0.5, 0.6) is 0 Å². The number of rotatable bonds is 1. The maximum Gasteiger partial charge on any atom is 0.0456 e. The Hall–Kier alpha value is -2.80. The van der Waals surface area contributed by atoms with Crippen molar-refractivity contribution in [1.82, 2.24) is 5.32 Å². The summed E-state index contributed by atoms with van der Waals surface area (Å²) in [6, 6.07) is 13.6. The Bertz CT molecular complexity index is 970. The van der Waals surface area contributed by atoms with Gasteiger partial charge in [-0.25, -0.2) is 0 Å². The van der Waals surface area contributed by atoms with Crippen LogP contribution in [-0.2, 0) is 19.3 Å². The van der Waals surface area contributed by atoms with Crippen LogP contribution < -0.4 is 5.32 Å². The van der Waals surface area contributed by atoms with Crippen LogP contribution in [0.25, 0.3) is 16.7 Å². The van der Waals surface area contributed by atoms with Crippen LogP contribution in [0.3, 0.4) is 0 Å². The van der Waals surface area contributed by atoms with Crippen molar-refractivity contribution in [2.45, 2.75) is 25.7 Å². The number of hydrogen-bond acceptors (Lipinski definition) is 1. The number of nitrogens with one attached hydrogen (secondary N) is 1. The lowest BCUT2D eigenvalue weighted by Crippen LogP contribution is -2.14. The molecule has 0 spiro atoms. The van der Waals surface area contributed by atoms with E-state index in [2.05, 4.69) is 66.0 Å². The second-order valence-corrected chi connectivity index (χ2v) is 6.90. The fourth-order valence-electron chi connectivity index (χ4n) is 4.38. The first-order valence-electron chi connectivity index (χ1n) is 9.16.